The number of β-amino-alcohol motifs (C(OH)–C–C–N with tert-alkyl or cyclic N) is 1. The number of rotatable bonds is 5. The first-order chi connectivity index (χ1) is 10.7. The molecule has 2 atom stereocenters. The molecule has 0 amide bonds. The molecule has 0 radical (unpaired) electrons. The molecule has 5 heteroatoms. The van der Waals surface area contributed by atoms with Crippen LogP contribution in [0.1, 0.15) is 24.4 Å². The third kappa shape index (κ3) is 4.00. The Morgan fingerprint density at radius 1 is 1.18 bits per heavy atom. The summed E-state index contributed by atoms with van der Waals surface area (Å²) in [6.45, 7) is 5.88. The highest BCUT2D eigenvalue weighted by Crippen LogP contribution is 2.35. The molecule has 0 bridgehead atoms. The van der Waals surface area contributed by atoms with Crippen molar-refractivity contribution in [3.05, 3.63) is 34.9 Å². The molecule has 0 spiro atoms. The van der Waals surface area contributed by atoms with Crippen LogP contribution >= 0.6 is 11.6 Å². The topological polar surface area (TPSA) is 35.9 Å². The average molecular weight is 325 g/mol. The average Bonchev–Trinajstić information content (AvgIpc) is 2.96. The molecule has 0 aliphatic carbocycles. The van der Waals surface area contributed by atoms with Crippen molar-refractivity contribution in [2.45, 2.75) is 25.0 Å². The second kappa shape index (κ2) is 7.75. The number of morpholine rings is 1. The Balaban J connectivity index is 1.57. The van der Waals surface area contributed by atoms with Crippen molar-refractivity contribution in [2.24, 2.45) is 0 Å². The first-order valence-corrected chi connectivity index (χ1v) is 8.58. The van der Waals surface area contributed by atoms with Crippen LogP contribution in [0.15, 0.2) is 24.3 Å². The Morgan fingerprint density at radius 3 is 2.73 bits per heavy atom. The molecule has 2 unspecified atom stereocenters. The number of hydrogen-bond acceptors (Lipinski definition) is 4. The minimum atomic E-state index is -0.318. The van der Waals surface area contributed by atoms with Crippen LogP contribution in [-0.2, 0) is 4.74 Å². The lowest BCUT2D eigenvalue weighted by atomic mass is 10.0. The Labute approximate surface area is 137 Å². The van der Waals surface area contributed by atoms with Gasteiger partial charge in [0.05, 0.1) is 19.3 Å². The summed E-state index contributed by atoms with van der Waals surface area (Å²) in [5, 5.41) is 11.3. The number of ether oxygens (including phenoxy) is 1. The molecule has 2 aliphatic heterocycles. The zero-order valence-corrected chi connectivity index (χ0v) is 13.7. The van der Waals surface area contributed by atoms with Gasteiger partial charge >= 0.3 is 0 Å². The number of aliphatic hydroxyl groups excluding tert-OH is 1. The molecule has 1 aromatic carbocycles. The Bertz CT molecular complexity index is 479. The summed E-state index contributed by atoms with van der Waals surface area (Å²) in [7, 11) is 0. The molecule has 122 valence electrons. The van der Waals surface area contributed by atoms with Gasteiger partial charge in [-0.05, 0) is 31.0 Å². The largest absolute Gasteiger partial charge is 0.390 e. The summed E-state index contributed by atoms with van der Waals surface area (Å²) in [5.41, 5.74) is 1.19. The van der Waals surface area contributed by atoms with E-state index in [9.17, 15) is 5.11 Å². The van der Waals surface area contributed by atoms with Crippen molar-refractivity contribution in [1.29, 1.82) is 0 Å². The van der Waals surface area contributed by atoms with Crippen molar-refractivity contribution in [2.75, 3.05) is 45.9 Å². The third-order valence-corrected chi connectivity index (χ3v) is 4.99. The third-order valence-electron chi connectivity index (χ3n) is 4.65. The van der Waals surface area contributed by atoms with E-state index in [1.54, 1.807) is 0 Å². The summed E-state index contributed by atoms with van der Waals surface area (Å²) in [5.74, 6) is 0. The van der Waals surface area contributed by atoms with Gasteiger partial charge in [-0.25, -0.2) is 0 Å². The molecular formula is C17H25ClN2O2. The minimum Gasteiger partial charge on any atom is -0.390 e. The van der Waals surface area contributed by atoms with Gasteiger partial charge in [-0.3, -0.25) is 9.80 Å². The molecule has 22 heavy (non-hydrogen) atoms. The van der Waals surface area contributed by atoms with Crippen LogP contribution in [0.3, 0.4) is 0 Å². The predicted molar refractivity (Wildman–Crippen MR) is 88.3 cm³/mol. The van der Waals surface area contributed by atoms with Gasteiger partial charge in [-0.15, -0.1) is 0 Å². The van der Waals surface area contributed by atoms with Gasteiger partial charge in [-0.1, -0.05) is 29.8 Å². The van der Waals surface area contributed by atoms with Crippen LogP contribution < -0.4 is 0 Å². The fourth-order valence-electron chi connectivity index (χ4n) is 3.55. The highest BCUT2D eigenvalue weighted by atomic mass is 35.5. The molecule has 1 N–H and O–H groups in total. The molecule has 4 nitrogen and oxygen atoms in total. The van der Waals surface area contributed by atoms with E-state index < -0.39 is 0 Å². The van der Waals surface area contributed by atoms with Crippen molar-refractivity contribution in [1.82, 2.24) is 9.80 Å². The van der Waals surface area contributed by atoms with Gasteiger partial charge in [0.25, 0.3) is 0 Å². The number of likely N-dealkylation sites (tertiary alicyclic amines) is 1. The summed E-state index contributed by atoms with van der Waals surface area (Å²) >= 11 is 6.35. The highest BCUT2D eigenvalue weighted by Gasteiger charge is 2.29. The molecular weight excluding hydrogens is 300 g/mol. The molecule has 3 rings (SSSR count). The maximum Gasteiger partial charge on any atom is 0.0794 e. The standard InChI is InChI=1S/C17H25ClN2O2/c18-16-5-2-1-4-15(16)17-6-3-7-20(17)13-14(21)12-19-8-10-22-11-9-19/h1-2,4-5,14,17,21H,3,6-13H2. The van der Waals surface area contributed by atoms with Gasteiger partial charge in [0.15, 0.2) is 0 Å². The number of aliphatic hydroxyl groups is 1. The first-order valence-electron chi connectivity index (χ1n) is 8.20. The predicted octanol–water partition coefficient (Wildman–Crippen LogP) is 2.17. The Kier molecular flexibility index (Phi) is 5.71. The number of hydrogen-bond donors (Lipinski definition) is 1. The highest BCUT2D eigenvalue weighted by molar-refractivity contribution is 6.31. The lowest BCUT2D eigenvalue weighted by molar-refractivity contribution is 0.00585. The van der Waals surface area contributed by atoms with Crippen molar-refractivity contribution in [3.63, 3.8) is 0 Å². The van der Waals surface area contributed by atoms with E-state index in [0.717, 1.165) is 50.8 Å². The van der Waals surface area contributed by atoms with Crippen LogP contribution in [0.4, 0.5) is 0 Å². The molecule has 2 saturated heterocycles. The van der Waals surface area contributed by atoms with E-state index in [1.807, 2.05) is 18.2 Å². The molecule has 0 aromatic heterocycles. The lowest BCUT2D eigenvalue weighted by Gasteiger charge is -2.32. The maximum absolute atomic E-state index is 10.4. The zero-order valence-electron chi connectivity index (χ0n) is 13.0. The quantitative estimate of drug-likeness (QED) is 0.900. The van der Waals surface area contributed by atoms with Gasteiger partial charge < -0.3 is 9.84 Å². The van der Waals surface area contributed by atoms with Gasteiger partial charge in [0, 0.05) is 37.2 Å². The second-order valence-corrected chi connectivity index (χ2v) is 6.65. The molecule has 2 aliphatic rings. The molecule has 1 aromatic rings. The van der Waals surface area contributed by atoms with Gasteiger partial charge in [0.1, 0.15) is 0 Å². The SMILES string of the molecule is OC(CN1CCOCC1)CN1CCCC1c1ccccc1Cl. The van der Waals surface area contributed by atoms with Gasteiger partial charge in [-0.2, -0.15) is 0 Å². The summed E-state index contributed by atoms with van der Waals surface area (Å²) in [4.78, 5) is 4.67. The van der Waals surface area contributed by atoms with E-state index in [-0.39, 0.29) is 6.10 Å². The normalized spacial score (nSPS) is 25.5. The second-order valence-electron chi connectivity index (χ2n) is 6.24. The molecule has 0 saturated carbocycles. The van der Waals surface area contributed by atoms with Crippen LogP contribution in [-0.4, -0.2) is 66.9 Å². The lowest BCUT2D eigenvalue weighted by Crippen LogP contribution is -2.44. The monoisotopic (exact) mass is 324 g/mol. The smallest absolute Gasteiger partial charge is 0.0794 e. The van der Waals surface area contributed by atoms with Crippen molar-refractivity contribution < 1.29 is 9.84 Å². The van der Waals surface area contributed by atoms with Crippen LogP contribution in [0.2, 0.25) is 5.02 Å². The summed E-state index contributed by atoms with van der Waals surface area (Å²) in [6, 6.07) is 8.42. The zero-order chi connectivity index (χ0) is 15.4. The maximum atomic E-state index is 10.4. The van der Waals surface area contributed by atoms with E-state index in [2.05, 4.69) is 15.9 Å². The van der Waals surface area contributed by atoms with Crippen molar-refractivity contribution in [3.8, 4) is 0 Å². The number of benzene rings is 1. The van der Waals surface area contributed by atoms with E-state index in [4.69, 9.17) is 16.3 Å². The molecule has 2 heterocycles. The first kappa shape index (κ1) is 16.2. The van der Waals surface area contributed by atoms with E-state index >= 15 is 0 Å². The van der Waals surface area contributed by atoms with Crippen LogP contribution in [0.25, 0.3) is 0 Å². The molecule has 2 fully saturated rings. The van der Waals surface area contributed by atoms with E-state index in [0.29, 0.717) is 12.6 Å². The minimum absolute atomic E-state index is 0.318. The fraction of sp³-hybridized carbons (Fsp3) is 0.647. The summed E-state index contributed by atoms with van der Waals surface area (Å²) in [6.07, 6.45) is 1.97. The van der Waals surface area contributed by atoms with Crippen LogP contribution in [0.5, 0.6) is 0 Å². The number of nitrogens with zero attached hydrogens (tertiary/aromatic N) is 2. The summed E-state index contributed by atoms with van der Waals surface area (Å²) < 4.78 is 5.35. The van der Waals surface area contributed by atoms with Crippen LogP contribution in [0, 0.1) is 0 Å². The van der Waals surface area contributed by atoms with E-state index in [1.165, 1.54) is 12.0 Å². The Hall–Kier alpha value is -0.650. The number of halogens is 1. The Morgan fingerprint density at radius 2 is 1.95 bits per heavy atom. The van der Waals surface area contributed by atoms with Gasteiger partial charge in [0.2, 0.25) is 0 Å². The fourth-order valence-corrected chi connectivity index (χ4v) is 3.81. The van der Waals surface area contributed by atoms with Crippen molar-refractivity contribution >= 4 is 11.6 Å².